The molecule has 0 aliphatic rings. The first-order valence-corrected chi connectivity index (χ1v) is 4.75. The molecule has 0 bridgehead atoms. The summed E-state index contributed by atoms with van der Waals surface area (Å²) in [6, 6.07) is 0.588. The zero-order valence-electron chi connectivity index (χ0n) is 7.08. The molecule has 0 aromatic carbocycles. The number of halogens is 4. The number of pyridine rings is 1. The van der Waals surface area contributed by atoms with E-state index in [9.17, 15) is 23.3 Å². The van der Waals surface area contributed by atoms with E-state index in [1.807, 2.05) is 0 Å². The summed E-state index contributed by atoms with van der Waals surface area (Å²) >= 11 is 2.84. The summed E-state index contributed by atoms with van der Waals surface area (Å²) in [4.78, 5) is 12.9. The lowest BCUT2D eigenvalue weighted by atomic mass is 10.2. The molecule has 4 nitrogen and oxygen atoms in total. The van der Waals surface area contributed by atoms with Crippen LogP contribution in [0.15, 0.2) is 12.3 Å². The first-order chi connectivity index (χ1) is 6.88. The highest BCUT2D eigenvalue weighted by molar-refractivity contribution is 9.08. The van der Waals surface area contributed by atoms with Gasteiger partial charge in [0, 0.05) is 6.20 Å². The zero-order valence-corrected chi connectivity index (χ0v) is 8.67. The molecule has 0 saturated carbocycles. The van der Waals surface area contributed by atoms with Crippen molar-refractivity contribution in [1.29, 1.82) is 0 Å². The van der Waals surface area contributed by atoms with Crippen LogP contribution in [0.1, 0.15) is 11.3 Å². The van der Waals surface area contributed by atoms with Crippen LogP contribution in [-0.2, 0) is 11.5 Å². The summed E-state index contributed by atoms with van der Waals surface area (Å²) in [6.45, 7) is 0. The fourth-order valence-corrected chi connectivity index (χ4v) is 1.44. The zero-order chi connectivity index (χ0) is 11.6. The van der Waals surface area contributed by atoms with Gasteiger partial charge in [-0.2, -0.15) is 13.2 Å². The second kappa shape index (κ2) is 4.13. The van der Waals surface area contributed by atoms with Gasteiger partial charge in [0.15, 0.2) is 0 Å². The van der Waals surface area contributed by atoms with Crippen molar-refractivity contribution < 1.29 is 18.1 Å². The third-order valence-electron chi connectivity index (χ3n) is 1.61. The Morgan fingerprint density at radius 1 is 1.53 bits per heavy atom. The first kappa shape index (κ1) is 11.9. The number of nitro groups is 1. The van der Waals surface area contributed by atoms with Gasteiger partial charge in [0.2, 0.25) is 0 Å². The first-order valence-electron chi connectivity index (χ1n) is 3.63. The van der Waals surface area contributed by atoms with E-state index in [-0.39, 0.29) is 11.0 Å². The average Bonchev–Trinajstić information content (AvgIpc) is 2.15. The molecule has 0 unspecified atom stereocenters. The molecule has 1 heterocycles. The van der Waals surface area contributed by atoms with E-state index in [4.69, 9.17) is 0 Å². The van der Waals surface area contributed by atoms with E-state index in [1.54, 1.807) is 0 Å². The van der Waals surface area contributed by atoms with Crippen molar-refractivity contribution in [3.8, 4) is 0 Å². The molecule has 0 radical (unpaired) electrons. The molecule has 0 saturated heterocycles. The lowest BCUT2D eigenvalue weighted by molar-refractivity contribution is -0.389. The van der Waals surface area contributed by atoms with Crippen LogP contribution in [0.4, 0.5) is 18.9 Å². The van der Waals surface area contributed by atoms with Crippen molar-refractivity contribution >= 4 is 21.6 Å². The smallest absolute Gasteiger partial charge is 0.258 e. The summed E-state index contributed by atoms with van der Waals surface area (Å²) in [7, 11) is 0. The van der Waals surface area contributed by atoms with E-state index in [2.05, 4.69) is 20.9 Å². The molecule has 0 atom stereocenters. The average molecular weight is 285 g/mol. The highest BCUT2D eigenvalue weighted by Crippen LogP contribution is 2.37. The highest BCUT2D eigenvalue weighted by atomic mass is 79.9. The molecule has 0 fully saturated rings. The van der Waals surface area contributed by atoms with Gasteiger partial charge >= 0.3 is 11.9 Å². The van der Waals surface area contributed by atoms with Crippen LogP contribution in [0, 0.1) is 10.1 Å². The van der Waals surface area contributed by atoms with Gasteiger partial charge in [-0.15, -0.1) is 0 Å². The van der Waals surface area contributed by atoms with Gasteiger partial charge in [0.1, 0.15) is 11.3 Å². The Morgan fingerprint density at radius 3 is 2.53 bits per heavy atom. The number of aromatic nitrogens is 1. The number of alkyl halides is 4. The SMILES string of the molecule is O=[N+]([O-])c1c(C(F)(F)F)ccnc1CBr. The molecular formula is C7H4BrF3N2O2. The van der Waals surface area contributed by atoms with Crippen LogP contribution in [0.3, 0.4) is 0 Å². The molecular weight excluding hydrogens is 281 g/mol. The Hall–Kier alpha value is -1.18. The standard InChI is InChI=1S/C7H4BrF3N2O2/c8-3-5-6(13(14)15)4(1-2-12-5)7(9,10)11/h1-2H,3H2. The van der Waals surface area contributed by atoms with E-state index < -0.39 is 22.4 Å². The fraction of sp³-hybridized carbons (Fsp3) is 0.286. The van der Waals surface area contributed by atoms with E-state index in [0.29, 0.717) is 6.07 Å². The van der Waals surface area contributed by atoms with E-state index >= 15 is 0 Å². The highest BCUT2D eigenvalue weighted by Gasteiger charge is 2.39. The van der Waals surface area contributed by atoms with Crippen LogP contribution in [-0.4, -0.2) is 9.91 Å². The monoisotopic (exact) mass is 284 g/mol. The maximum absolute atomic E-state index is 12.4. The molecule has 1 rings (SSSR count). The Morgan fingerprint density at radius 2 is 2.13 bits per heavy atom. The van der Waals surface area contributed by atoms with Crippen molar-refractivity contribution in [2.24, 2.45) is 0 Å². The lowest BCUT2D eigenvalue weighted by Gasteiger charge is -2.08. The van der Waals surface area contributed by atoms with Crippen LogP contribution in [0.25, 0.3) is 0 Å². The number of hydrogen-bond acceptors (Lipinski definition) is 3. The van der Waals surface area contributed by atoms with Gasteiger partial charge in [-0.25, -0.2) is 0 Å². The molecule has 0 spiro atoms. The Bertz CT molecular complexity index is 394. The number of rotatable bonds is 2. The lowest BCUT2D eigenvalue weighted by Crippen LogP contribution is -2.11. The maximum atomic E-state index is 12.4. The molecule has 0 amide bonds. The summed E-state index contributed by atoms with van der Waals surface area (Å²) < 4.78 is 37.1. The largest absolute Gasteiger partial charge is 0.423 e. The van der Waals surface area contributed by atoms with Gasteiger partial charge in [-0.3, -0.25) is 15.1 Å². The minimum Gasteiger partial charge on any atom is -0.258 e. The summed E-state index contributed by atoms with van der Waals surface area (Å²) in [5, 5.41) is 10.4. The van der Waals surface area contributed by atoms with Crippen LogP contribution in [0.2, 0.25) is 0 Å². The van der Waals surface area contributed by atoms with Crippen molar-refractivity contribution in [3.05, 3.63) is 33.6 Å². The Balaban J connectivity index is 3.46. The van der Waals surface area contributed by atoms with Gasteiger partial charge in [-0.05, 0) is 6.07 Å². The minimum absolute atomic E-state index is 0.104. The topological polar surface area (TPSA) is 56.0 Å². The summed E-state index contributed by atoms with van der Waals surface area (Å²) in [5.41, 5.74) is -2.52. The molecule has 0 N–H and O–H groups in total. The molecule has 1 aromatic heterocycles. The molecule has 0 aliphatic carbocycles. The number of nitrogens with zero attached hydrogens (tertiary/aromatic N) is 2. The second-order valence-electron chi connectivity index (χ2n) is 2.54. The third-order valence-corrected chi connectivity index (χ3v) is 2.15. The van der Waals surface area contributed by atoms with Crippen molar-refractivity contribution in [2.75, 3.05) is 0 Å². The summed E-state index contributed by atoms with van der Waals surface area (Å²) in [5.74, 6) is 0. The number of hydrogen-bond donors (Lipinski definition) is 0. The molecule has 82 valence electrons. The molecule has 8 heteroatoms. The third kappa shape index (κ3) is 2.44. The molecule has 15 heavy (non-hydrogen) atoms. The minimum atomic E-state index is -4.75. The van der Waals surface area contributed by atoms with E-state index in [0.717, 1.165) is 6.20 Å². The Kier molecular flexibility index (Phi) is 3.28. The van der Waals surface area contributed by atoms with Crippen LogP contribution < -0.4 is 0 Å². The van der Waals surface area contributed by atoms with Crippen molar-refractivity contribution in [2.45, 2.75) is 11.5 Å². The van der Waals surface area contributed by atoms with Crippen LogP contribution >= 0.6 is 15.9 Å². The predicted molar refractivity (Wildman–Crippen MR) is 48.5 cm³/mol. The quantitative estimate of drug-likeness (QED) is 0.477. The molecule has 1 aromatic rings. The molecule has 0 aliphatic heterocycles. The normalized spacial score (nSPS) is 11.5. The van der Waals surface area contributed by atoms with Crippen molar-refractivity contribution in [3.63, 3.8) is 0 Å². The Labute approximate surface area is 90.4 Å². The van der Waals surface area contributed by atoms with Crippen LogP contribution in [0.5, 0.6) is 0 Å². The second-order valence-corrected chi connectivity index (χ2v) is 3.10. The van der Waals surface area contributed by atoms with Crippen molar-refractivity contribution in [1.82, 2.24) is 4.98 Å². The van der Waals surface area contributed by atoms with Gasteiger partial charge in [0.05, 0.1) is 10.3 Å². The van der Waals surface area contributed by atoms with E-state index in [1.165, 1.54) is 0 Å². The van der Waals surface area contributed by atoms with Gasteiger partial charge in [-0.1, -0.05) is 15.9 Å². The van der Waals surface area contributed by atoms with Gasteiger partial charge < -0.3 is 0 Å². The maximum Gasteiger partial charge on any atom is 0.423 e. The fourth-order valence-electron chi connectivity index (χ4n) is 1.03. The predicted octanol–water partition coefficient (Wildman–Crippen LogP) is 2.90. The summed E-state index contributed by atoms with van der Waals surface area (Å²) in [6.07, 6.45) is -3.85. The van der Waals surface area contributed by atoms with Gasteiger partial charge in [0.25, 0.3) is 0 Å².